The molecule has 2 rings (SSSR count). The fourth-order valence-electron chi connectivity index (χ4n) is 2.62. The van der Waals surface area contributed by atoms with Crippen LogP contribution in [0.3, 0.4) is 0 Å². The Balaban J connectivity index is 2.23. The molecule has 0 saturated carbocycles. The van der Waals surface area contributed by atoms with Crippen molar-refractivity contribution in [3.63, 3.8) is 0 Å². The lowest BCUT2D eigenvalue weighted by molar-refractivity contribution is -0.116. The average Bonchev–Trinajstić information content (AvgIpc) is 2.34. The smallest absolute Gasteiger partial charge is 0.224 e. The monoisotopic (exact) mass is 260 g/mol. The first-order valence-corrected chi connectivity index (χ1v) is 6.99. The van der Waals surface area contributed by atoms with Crippen LogP contribution in [-0.4, -0.2) is 13.0 Å². The highest BCUT2D eigenvalue weighted by Gasteiger charge is 2.21. The summed E-state index contributed by atoms with van der Waals surface area (Å²) in [6.07, 6.45) is 2.54. The van der Waals surface area contributed by atoms with Crippen LogP contribution >= 0.6 is 0 Å². The maximum Gasteiger partial charge on any atom is 0.224 e. The highest BCUT2D eigenvalue weighted by atomic mass is 16.1. The summed E-state index contributed by atoms with van der Waals surface area (Å²) >= 11 is 0. The van der Waals surface area contributed by atoms with Gasteiger partial charge in [-0.15, -0.1) is 0 Å². The number of hydrogen-bond donors (Lipinski definition) is 2. The van der Waals surface area contributed by atoms with Gasteiger partial charge in [0.25, 0.3) is 0 Å². The first kappa shape index (κ1) is 14.1. The molecule has 0 spiro atoms. The van der Waals surface area contributed by atoms with Crippen LogP contribution < -0.4 is 10.6 Å². The Hall–Kier alpha value is -1.35. The normalized spacial score (nSPS) is 16.7. The Morgan fingerprint density at radius 2 is 2.05 bits per heavy atom. The first-order chi connectivity index (χ1) is 8.89. The summed E-state index contributed by atoms with van der Waals surface area (Å²) in [7, 11) is 2.01. The van der Waals surface area contributed by atoms with Crippen molar-refractivity contribution in [1.29, 1.82) is 0 Å². The van der Waals surface area contributed by atoms with Gasteiger partial charge in [-0.1, -0.05) is 32.9 Å². The fourth-order valence-corrected chi connectivity index (χ4v) is 2.62. The molecule has 0 saturated heterocycles. The Labute approximate surface area is 115 Å². The van der Waals surface area contributed by atoms with Crippen molar-refractivity contribution < 1.29 is 4.79 Å². The number of nitrogens with one attached hydrogen (secondary N) is 2. The van der Waals surface area contributed by atoms with E-state index in [9.17, 15) is 4.79 Å². The van der Waals surface area contributed by atoms with Crippen LogP contribution in [0.5, 0.6) is 0 Å². The summed E-state index contributed by atoms with van der Waals surface area (Å²) in [6, 6.07) is 6.76. The van der Waals surface area contributed by atoms with Crippen molar-refractivity contribution in [1.82, 2.24) is 5.32 Å². The molecule has 1 unspecified atom stereocenters. The maximum atomic E-state index is 11.4. The molecule has 0 aliphatic carbocycles. The average molecular weight is 260 g/mol. The van der Waals surface area contributed by atoms with Gasteiger partial charge in [-0.3, -0.25) is 4.79 Å². The van der Waals surface area contributed by atoms with Crippen molar-refractivity contribution in [2.75, 3.05) is 12.4 Å². The van der Waals surface area contributed by atoms with Crippen LogP contribution in [-0.2, 0) is 11.2 Å². The van der Waals surface area contributed by atoms with Gasteiger partial charge in [0.1, 0.15) is 0 Å². The number of hydrogen-bond acceptors (Lipinski definition) is 2. The summed E-state index contributed by atoms with van der Waals surface area (Å²) < 4.78 is 0. The minimum Gasteiger partial charge on any atom is -0.326 e. The number of aryl methyl sites for hydroxylation is 1. The van der Waals surface area contributed by atoms with E-state index in [1.165, 1.54) is 11.1 Å². The lowest BCUT2D eigenvalue weighted by atomic mass is 9.84. The van der Waals surface area contributed by atoms with Crippen LogP contribution in [0.2, 0.25) is 0 Å². The lowest BCUT2D eigenvalue weighted by Gasteiger charge is -2.27. The van der Waals surface area contributed by atoms with Gasteiger partial charge < -0.3 is 10.6 Å². The van der Waals surface area contributed by atoms with Crippen molar-refractivity contribution >= 4 is 11.6 Å². The van der Waals surface area contributed by atoms with Gasteiger partial charge in [0.15, 0.2) is 0 Å². The number of rotatable bonds is 3. The second-order valence-electron chi connectivity index (χ2n) is 6.57. The third kappa shape index (κ3) is 3.57. The number of carbonyl (C=O) groups excluding carboxylic acids is 1. The van der Waals surface area contributed by atoms with Crippen LogP contribution in [0, 0.1) is 5.41 Å². The number of benzene rings is 1. The minimum absolute atomic E-state index is 0.125. The topological polar surface area (TPSA) is 41.1 Å². The third-order valence-electron chi connectivity index (χ3n) is 3.59. The van der Waals surface area contributed by atoms with Gasteiger partial charge in [-0.2, -0.15) is 0 Å². The molecule has 2 N–H and O–H groups in total. The predicted molar refractivity (Wildman–Crippen MR) is 79.3 cm³/mol. The largest absolute Gasteiger partial charge is 0.326 e. The molecule has 0 aromatic heterocycles. The van der Waals surface area contributed by atoms with E-state index in [1.807, 2.05) is 13.1 Å². The van der Waals surface area contributed by atoms with Gasteiger partial charge in [0.2, 0.25) is 5.91 Å². The van der Waals surface area contributed by atoms with E-state index in [4.69, 9.17) is 0 Å². The molecule has 3 heteroatoms. The van der Waals surface area contributed by atoms with Crippen LogP contribution in [0.25, 0.3) is 0 Å². The zero-order chi connectivity index (χ0) is 14.0. The molecule has 3 nitrogen and oxygen atoms in total. The molecule has 1 aromatic carbocycles. The van der Waals surface area contributed by atoms with Gasteiger partial charge in [0.05, 0.1) is 0 Å². The minimum atomic E-state index is 0.125. The van der Waals surface area contributed by atoms with E-state index >= 15 is 0 Å². The number of carbonyl (C=O) groups is 1. The van der Waals surface area contributed by atoms with E-state index in [2.05, 4.69) is 43.5 Å². The van der Waals surface area contributed by atoms with Crippen LogP contribution in [0.15, 0.2) is 18.2 Å². The van der Waals surface area contributed by atoms with Gasteiger partial charge in [0, 0.05) is 18.2 Å². The second kappa shape index (κ2) is 5.33. The molecule has 1 atom stereocenters. The van der Waals surface area contributed by atoms with Gasteiger partial charge in [-0.25, -0.2) is 0 Å². The molecule has 0 bridgehead atoms. The first-order valence-electron chi connectivity index (χ1n) is 6.99. The quantitative estimate of drug-likeness (QED) is 0.875. The summed E-state index contributed by atoms with van der Waals surface area (Å²) in [5.41, 5.74) is 3.84. The van der Waals surface area contributed by atoms with Crippen molar-refractivity contribution in [2.24, 2.45) is 5.41 Å². The molecular weight excluding hydrogens is 236 g/mol. The molecule has 1 aromatic rings. The maximum absolute atomic E-state index is 11.4. The molecular formula is C16H24N2O. The van der Waals surface area contributed by atoms with Crippen molar-refractivity contribution in [3.8, 4) is 0 Å². The van der Waals surface area contributed by atoms with Crippen molar-refractivity contribution in [2.45, 2.75) is 46.1 Å². The lowest BCUT2D eigenvalue weighted by Crippen LogP contribution is -2.24. The summed E-state index contributed by atoms with van der Waals surface area (Å²) in [5, 5.41) is 6.34. The van der Waals surface area contributed by atoms with Crippen LogP contribution in [0.1, 0.15) is 50.8 Å². The molecule has 0 fully saturated rings. The second-order valence-corrected chi connectivity index (χ2v) is 6.57. The zero-order valence-corrected chi connectivity index (χ0v) is 12.3. The summed E-state index contributed by atoms with van der Waals surface area (Å²) in [5.74, 6) is 0.125. The Kier molecular flexibility index (Phi) is 3.95. The van der Waals surface area contributed by atoms with Crippen LogP contribution in [0.4, 0.5) is 5.69 Å². The van der Waals surface area contributed by atoms with Gasteiger partial charge in [-0.05, 0) is 42.5 Å². The molecule has 1 aliphatic rings. The number of fused-ring (bicyclic) bond motifs is 1. The molecule has 1 heterocycles. The standard InChI is InChI=1S/C16H24N2O/c1-16(2,3)10-14(17-4)12-5-7-13-11(9-12)6-8-15(19)18-13/h5,7,9,14,17H,6,8,10H2,1-4H3,(H,18,19). The molecule has 1 amide bonds. The highest BCUT2D eigenvalue weighted by molar-refractivity contribution is 5.93. The SMILES string of the molecule is CNC(CC(C)(C)C)c1ccc2c(c1)CCC(=O)N2. The molecule has 1 aliphatic heterocycles. The van der Waals surface area contributed by atoms with E-state index in [-0.39, 0.29) is 11.3 Å². The van der Waals surface area contributed by atoms with E-state index in [0.717, 1.165) is 18.5 Å². The number of anilines is 1. The zero-order valence-electron chi connectivity index (χ0n) is 12.3. The van der Waals surface area contributed by atoms with Crippen molar-refractivity contribution in [3.05, 3.63) is 29.3 Å². The molecule has 104 valence electrons. The number of amides is 1. The summed E-state index contributed by atoms with van der Waals surface area (Å²) in [4.78, 5) is 11.4. The van der Waals surface area contributed by atoms with Gasteiger partial charge >= 0.3 is 0 Å². The van der Waals surface area contributed by atoms with E-state index < -0.39 is 0 Å². The Bertz CT molecular complexity index is 474. The third-order valence-corrected chi connectivity index (χ3v) is 3.59. The summed E-state index contributed by atoms with van der Waals surface area (Å²) in [6.45, 7) is 6.78. The highest BCUT2D eigenvalue weighted by Crippen LogP contribution is 2.32. The molecule has 0 radical (unpaired) electrons. The Morgan fingerprint density at radius 3 is 2.68 bits per heavy atom. The van der Waals surface area contributed by atoms with E-state index in [1.54, 1.807) is 0 Å². The Morgan fingerprint density at radius 1 is 1.32 bits per heavy atom. The fraction of sp³-hybridized carbons (Fsp3) is 0.562. The predicted octanol–water partition coefficient (Wildman–Crippen LogP) is 3.27. The molecule has 19 heavy (non-hydrogen) atoms. The van der Waals surface area contributed by atoms with E-state index in [0.29, 0.717) is 12.5 Å².